The van der Waals surface area contributed by atoms with Gasteiger partial charge < -0.3 is 20.4 Å². The van der Waals surface area contributed by atoms with Crippen molar-refractivity contribution in [1.29, 1.82) is 0 Å². The van der Waals surface area contributed by atoms with Gasteiger partial charge in [0.2, 0.25) is 5.91 Å². The first-order chi connectivity index (χ1) is 15.7. The van der Waals surface area contributed by atoms with Crippen LogP contribution in [0.5, 0.6) is 0 Å². The van der Waals surface area contributed by atoms with Crippen molar-refractivity contribution in [2.75, 3.05) is 29.6 Å². The van der Waals surface area contributed by atoms with E-state index in [2.05, 4.69) is 24.5 Å². The van der Waals surface area contributed by atoms with Gasteiger partial charge in [-0.2, -0.15) is 0 Å². The Morgan fingerprint density at radius 2 is 1.73 bits per heavy atom. The normalized spacial score (nSPS) is 14.4. The summed E-state index contributed by atoms with van der Waals surface area (Å²) in [6, 6.07) is 11.3. The van der Waals surface area contributed by atoms with E-state index >= 15 is 0 Å². The van der Waals surface area contributed by atoms with Crippen LogP contribution in [0.15, 0.2) is 42.5 Å². The Labute approximate surface area is 196 Å². The zero-order chi connectivity index (χ0) is 24.1. The predicted octanol–water partition coefficient (Wildman–Crippen LogP) is 5.71. The molecule has 0 saturated heterocycles. The summed E-state index contributed by atoms with van der Waals surface area (Å²) in [5, 5.41) is 5.86. The number of anilines is 3. The molecule has 6 nitrogen and oxygen atoms in total. The minimum Gasteiger partial charge on any atom is -0.377 e. The number of nitrogens with zero attached hydrogens (tertiary/aromatic N) is 2. The predicted molar refractivity (Wildman–Crippen MR) is 132 cm³/mol. The lowest BCUT2D eigenvalue weighted by Gasteiger charge is -2.33. The van der Waals surface area contributed by atoms with Crippen molar-refractivity contribution in [3.05, 3.63) is 53.8 Å². The molecule has 178 valence electrons. The molecule has 1 aliphatic carbocycles. The smallest absolute Gasteiger partial charge is 0.322 e. The maximum absolute atomic E-state index is 13.6. The topological polar surface area (TPSA) is 64.7 Å². The average molecular weight is 455 g/mol. The SMILES string of the molecule is CC(C)[C@H](C)N(Cc1cc(NC(=O)C2CCC2)ccc1N(C)C)C(=O)Nc1cccc(F)c1. The van der Waals surface area contributed by atoms with Gasteiger partial charge in [-0.25, -0.2) is 9.18 Å². The van der Waals surface area contributed by atoms with Crippen molar-refractivity contribution in [2.24, 2.45) is 11.8 Å². The molecule has 33 heavy (non-hydrogen) atoms. The Hall–Kier alpha value is -3.09. The van der Waals surface area contributed by atoms with E-state index in [1.54, 1.807) is 17.0 Å². The van der Waals surface area contributed by atoms with Crippen LogP contribution in [0.2, 0.25) is 0 Å². The summed E-state index contributed by atoms with van der Waals surface area (Å²) >= 11 is 0. The molecular weight excluding hydrogens is 419 g/mol. The maximum Gasteiger partial charge on any atom is 0.322 e. The number of halogens is 1. The quantitative estimate of drug-likeness (QED) is 0.537. The maximum atomic E-state index is 13.6. The van der Waals surface area contributed by atoms with Gasteiger partial charge in [0.25, 0.3) is 0 Å². The molecule has 0 bridgehead atoms. The van der Waals surface area contributed by atoms with E-state index in [1.807, 2.05) is 44.1 Å². The number of carbonyl (C=O) groups is 2. The number of amides is 3. The van der Waals surface area contributed by atoms with Crippen LogP contribution in [0.3, 0.4) is 0 Å². The van der Waals surface area contributed by atoms with E-state index in [0.717, 1.165) is 36.2 Å². The van der Waals surface area contributed by atoms with Gasteiger partial charge in [0, 0.05) is 49.7 Å². The van der Waals surface area contributed by atoms with Gasteiger partial charge in [-0.15, -0.1) is 0 Å². The molecular formula is C26H35FN4O2. The number of hydrogen-bond acceptors (Lipinski definition) is 3. The number of rotatable bonds is 8. The highest BCUT2D eigenvalue weighted by molar-refractivity contribution is 5.93. The molecule has 0 aromatic heterocycles. The molecule has 0 radical (unpaired) electrons. The fourth-order valence-electron chi connectivity index (χ4n) is 3.85. The average Bonchev–Trinajstić information content (AvgIpc) is 2.69. The molecule has 0 heterocycles. The molecule has 3 amide bonds. The van der Waals surface area contributed by atoms with Gasteiger partial charge in [-0.05, 0) is 67.6 Å². The first-order valence-electron chi connectivity index (χ1n) is 11.6. The first-order valence-corrected chi connectivity index (χ1v) is 11.6. The standard InChI is InChI=1S/C26H35FN4O2/c1-17(2)18(3)31(26(33)29-22-11-7-10-21(27)15-22)16-20-14-23(12-13-24(20)30(4)5)28-25(32)19-8-6-9-19/h7,10-15,17-19H,6,8-9,16H2,1-5H3,(H,28,32)(H,29,33)/t18-/m0/s1. The molecule has 0 aliphatic heterocycles. The summed E-state index contributed by atoms with van der Waals surface area (Å²) in [6.45, 7) is 6.49. The number of benzene rings is 2. The van der Waals surface area contributed by atoms with Gasteiger partial charge in [-0.3, -0.25) is 4.79 Å². The van der Waals surface area contributed by atoms with Gasteiger partial charge in [0.05, 0.1) is 0 Å². The minimum absolute atomic E-state index is 0.0565. The first kappa shape index (κ1) is 24.6. The van der Waals surface area contributed by atoms with E-state index in [1.165, 1.54) is 12.1 Å². The van der Waals surface area contributed by atoms with Crippen molar-refractivity contribution in [3.8, 4) is 0 Å². The number of carbonyl (C=O) groups excluding carboxylic acids is 2. The third-order valence-electron chi connectivity index (χ3n) is 6.44. The molecule has 3 rings (SSSR count). The van der Waals surface area contributed by atoms with Crippen LogP contribution in [-0.4, -0.2) is 37.0 Å². The summed E-state index contributed by atoms with van der Waals surface area (Å²) in [5.41, 5.74) is 3.04. The van der Waals surface area contributed by atoms with Gasteiger partial charge >= 0.3 is 6.03 Å². The van der Waals surface area contributed by atoms with Crippen molar-refractivity contribution >= 4 is 29.0 Å². The summed E-state index contributed by atoms with van der Waals surface area (Å²) in [7, 11) is 3.91. The molecule has 1 atom stereocenters. The fourth-order valence-corrected chi connectivity index (χ4v) is 3.85. The van der Waals surface area contributed by atoms with Crippen molar-refractivity contribution in [3.63, 3.8) is 0 Å². The third kappa shape index (κ3) is 6.24. The third-order valence-corrected chi connectivity index (χ3v) is 6.44. The lowest BCUT2D eigenvalue weighted by Crippen LogP contribution is -2.43. The van der Waals surface area contributed by atoms with Gasteiger partial charge in [0.15, 0.2) is 0 Å². The Morgan fingerprint density at radius 3 is 2.30 bits per heavy atom. The monoisotopic (exact) mass is 454 g/mol. The number of hydrogen-bond donors (Lipinski definition) is 2. The van der Waals surface area contributed by atoms with Crippen LogP contribution in [0.1, 0.15) is 45.6 Å². The second-order valence-electron chi connectivity index (χ2n) is 9.41. The van der Waals surface area contributed by atoms with E-state index in [9.17, 15) is 14.0 Å². The molecule has 1 aliphatic rings. The van der Waals surface area contributed by atoms with Crippen LogP contribution in [0, 0.1) is 17.7 Å². The van der Waals surface area contributed by atoms with E-state index in [-0.39, 0.29) is 29.8 Å². The highest BCUT2D eigenvalue weighted by Crippen LogP contribution is 2.30. The zero-order valence-corrected chi connectivity index (χ0v) is 20.2. The van der Waals surface area contributed by atoms with Crippen LogP contribution >= 0.6 is 0 Å². The van der Waals surface area contributed by atoms with Gasteiger partial charge in [-0.1, -0.05) is 26.3 Å². The lowest BCUT2D eigenvalue weighted by molar-refractivity contribution is -0.122. The largest absolute Gasteiger partial charge is 0.377 e. The van der Waals surface area contributed by atoms with Crippen LogP contribution < -0.4 is 15.5 Å². The van der Waals surface area contributed by atoms with Crippen LogP contribution in [0.25, 0.3) is 0 Å². The fraction of sp³-hybridized carbons (Fsp3) is 0.462. The lowest BCUT2D eigenvalue weighted by atomic mass is 9.85. The zero-order valence-electron chi connectivity index (χ0n) is 20.2. The highest BCUT2D eigenvalue weighted by atomic mass is 19.1. The Kier molecular flexibility index (Phi) is 7.95. The highest BCUT2D eigenvalue weighted by Gasteiger charge is 2.27. The van der Waals surface area contributed by atoms with Crippen molar-refractivity contribution < 1.29 is 14.0 Å². The molecule has 2 aromatic carbocycles. The van der Waals surface area contributed by atoms with Crippen molar-refractivity contribution in [1.82, 2.24) is 4.90 Å². The summed E-state index contributed by atoms with van der Waals surface area (Å²) in [5.74, 6) is -0.0360. The van der Waals surface area contributed by atoms with Crippen LogP contribution in [-0.2, 0) is 11.3 Å². The van der Waals surface area contributed by atoms with Crippen LogP contribution in [0.4, 0.5) is 26.2 Å². The summed E-state index contributed by atoms with van der Waals surface area (Å²) in [6.07, 6.45) is 2.98. The molecule has 1 fully saturated rings. The molecule has 0 unspecified atom stereocenters. The summed E-state index contributed by atoms with van der Waals surface area (Å²) in [4.78, 5) is 29.5. The van der Waals surface area contributed by atoms with Gasteiger partial charge in [0.1, 0.15) is 5.82 Å². The van der Waals surface area contributed by atoms with E-state index < -0.39 is 5.82 Å². The summed E-state index contributed by atoms with van der Waals surface area (Å²) < 4.78 is 13.6. The van der Waals surface area contributed by atoms with E-state index in [0.29, 0.717) is 12.2 Å². The number of urea groups is 1. The molecule has 2 aromatic rings. The Bertz CT molecular complexity index is 988. The second kappa shape index (κ2) is 10.7. The second-order valence-corrected chi connectivity index (χ2v) is 9.41. The molecule has 2 N–H and O–H groups in total. The number of nitrogens with one attached hydrogen (secondary N) is 2. The van der Waals surface area contributed by atoms with E-state index in [4.69, 9.17) is 0 Å². The Morgan fingerprint density at radius 1 is 1.03 bits per heavy atom. The molecule has 7 heteroatoms. The minimum atomic E-state index is -0.402. The van der Waals surface area contributed by atoms with Crippen molar-refractivity contribution in [2.45, 2.75) is 52.6 Å². The molecule has 0 spiro atoms. The Balaban J connectivity index is 1.87. The molecule has 1 saturated carbocycles.